The monoisotopic (exact) mass is 391 g/mol. The van der Waals surface area contributed by atoms with Crippen LogP contribution in [0.5, 0.6) is 11.5 Å². The van der Waals surface area contributed by atoms with E-state index in [9.17, 15) is 13.2 Å². The highest BCUT2D eigenvalue weighted by Crippen LogP contribution is 2.38. The molecule has 0 fully saturated rings. The summed E-state index contributed by atoms with van der Waals surface area (Å²) >= 11 is 0. The van der Waals surface area contributed by atoms with Gasteiger partial charge in [0.1, 0.15) is 17.6 Å². The number of nitrogens with one attached hydrogen (secondary N) is 1. The maximum atomic E-state index is 12.8. The number of carbonyl (C=O) groups excluding carboxylic acids is 1. The summed E-state index contributed by atoms with van der Waals surface area (Å²) < 4.78 is 44.1. The third kappa shape index (κ3) is 4.00. The summed E-state index contributed by atoms with van der Waals surface area (Å²) in [7, 11) is -2.70. The molecule has 1 unspecified atom stereocenters. The third-order valence-electron chi connectivity index (χ3n) is 4.11. The van der Waals surface area contributed by atoms with E-state index < -0.39 is 16.0 Å². The first-order valence-corrected chi connectivity index (χ1v) is 10.00. The fraction of sp³-hybridized carbons (Fsp3) is 0.316. The van der Waals surface area contributed by atoms with Gasteiger partial charge in [0.05, 0.1) is 29.9 Å². The summed E-state index contributed by atoms with van der Waals surface area (Å²) in [5.41, 5.74) is 1.41. The smallest absolute Gasteiger partial charge is 0.337 e. The Hall–Kier alpha value is -2.74. The first kappa shape index (κ1) is 19.0. The van der Waals surface area contributed by atoms with Crippen molar-refractivity contribution in [2.75, 3.05) is 18.4 Å². The molecule has 0 aliphatic carbocycles. The summed E-state index contributed by atoms with van der Waals surface area (Å²) in [6.45, 7) is 4.16. The van der Waals surface area contributed by atoms with Gasteiger partial charge >= 0.3 is 5.97 Å². The van der Waals surface area contributed by atoms with Gasteiger partial charge in [0.25, 0.3) is 10.0 Å². The van der Waals surface area contributed by atoms with Crippen molar-refractivity contribution in [1.82, 2.24) is 0 Å². The van der Waals surface area contributed by atoms with Crippen LogP contribution in [0.25, 0.3) is 0 Å². The molecule has 0 bridgehead atoms. The van der Waals surface area contributed by atoms with E-state index in [1.54, 1.807) is 12.1 Å². The highest BCUT2D eigenvalue weighted by Gasteiger charge is 2.24. The molecule has 1 N–H and O–H groups in total. The average molecular weight is 391 g/mol. The van der Waals surface area contributed by atoms with E-state index in [-0.39, 0.29) is 22.3 Å². The molecule has 2 aromatic carbocycles. The largest absolute Gasteiger partial charge is 0.492 e. The number of fused-ring (bicyclic) bond motifs is 1. The third-order valence-corrected chi connectivity index (χ3v) is 5.47. The molecule has 27 heavy (non-hydrogen) atoms. The van der Waals surface area contributed by atoms with Gasteiger partial charge in [-0.15, -0.1) is 0 Å². The van der Waals surface area contributed by atoms with Crippen molar-refractivity contribution in [3.63, 3.8) is 0 Å². The molecule has 1 heterocycles. The van der Waals surface area contributed by atoms with Gasteiger partial charge in [-0.25, -0.2) is 13.2 Å². The van der Waals surface area contributed by atoms with Gasteiger partial charge in [-0.1, -0.05) is 6.07 Å². The van der Waals surface area contributed by atoms with Crippen molar-refractivity contribution < 1.29 is 27.4 Å². The molecule has 7 nitrogen and oxygen atoms in total. The SMILES string of the molecule is CCOc1cc2c(cc1NS(=O)(=O)c1cccc(C(=O)OC)c1)OC(C)C2. The van der Waals surface area contributed by atoms with Gasteiger partial charge < -0.3 is 14.2 Å². The van der Waals surface area contributed by atoms with Crippen molar-refractivity contribution in [2.24, 2.45) is 0 Å². The quantitative estimate of drug-likeness (QED) is 0.761. The van der Waals surface area contributed by atoms with Crippen molar-refractivity contribution in [1.29, 1.82) is 0 Å². The number of benzene rings is 2. The first-order chi connectivity index (χ1) is 12.8. The van der Waals surface area contributed by atoms with Crippen LogP contribution in [-0.4, -0.2) is 34.2 Å². The summed E-state index contributed by atoms with van der Waals surface area (Å²) in [6.07, 6.45) is 0.766. The summed E-state index contributed by atoms with van der Waals surface area (Å²) in [6, 6.07) is 9.07. The number of ether oxygens (including phenoxy) is 3. The molecule has 0 saturated heterocycles. The molecule has 1 atom stereocenters. The zero-order valence-corrected chi connectivity index (χ0v) is 16.1. The molecular formula is C19H21NO6S. The Balaban J connectivity index is 1.96. The molecule has 0 amide bonds. The van der Waals surface area contributed by atoms with Gasteiger partial charge in [0.2, 0.25) is 0 Å². The van der Waals surface area contributed by atoms with Crippen LogP contribution in [0.15, 0.2) is 41.3 Å². The maximum Gasteiger partial charge on any atom is 0.337 e. The van der Waals surface area contributed by atoms with Crippen LogP contribution < -0.4 is 14.2 Å². The van der Waals surface area contributed by atoms with Gasteiger partial charge in [-0.05, 0) is 38.1 Å². The zero-order chi connectivity index (χ0) is 19.6. The highest BCUT2D eigenvalue weighted by molar-refractivity contribution is 7.92. The predicted molar refractivity (Wildman–Crippen MR) is 100.0 cm³/mol. The number of anilines is 1. The van der Waals surface area contributed by atoms with E-state index >= 15 is 0 Å². The van der Waals surface area contributed by atoms with Crippen molar-refractivity contribution in [3.05, 3.63) is 47.5 Å². The topological polar surface area (TPSA) is 90.9 Å². The minimum absolute atomic E-state index is 0.0260. The predicted octanol–water partition coefficient (Wildman–Crippen LogP) is 3.00. The van der Waals surface area contributed by atoms with Crippen LogP contribution in [-0.2, 0) is 21.2 Å². The van der Waals surface area contributed by atoms with E-state index in [1.165, 1.54) is 31.4 Å². The molecule has 8 heteroatoms. The molecule has 0 aromatic heterocycles. The van der Waals surface area contributed by atoms with Crippen LogP contribution in [0.3, 0.4) is 0 Å². The lowest BCUT2D eigenvalue weighted by Gasteiger charge is -2.15. The molecule has 0 spiro atoms. The van der Waals surface area contributed by atoms with Crippen LogP contribution in [0, 0.1) is 0 Å². The molecule has 2 aromatic rings. The first-order valence-electron chi connectivity index (χ1n) is 8.51. The summed E-state index contributed by atoms with van der Waals surface area (Å²) in [5.74, 6) is 0.454. The number of hydrogen-bond donors (Lipinski definition) is 1. The van der Waals surface area contributed by atoms with Crippen molar-refractivity contribution >= 4 is 21.7 Å². The number of esters is 1. The van der Waals surface area contributed by atoms with E-state index in [1.807, 2.05) is 13.8 Å². The summed E-state index contributed by atoms with van der Waals surface area (Å²) in [5, 5.41) is 0. The van der Waals surface area contributed by atoms with E-state index in [2.05, 4.69) is 9.46 Å². The van der Waals surface area contributed by atoms with Crippen molar-refractivity contribution in [2.45, 2.75) is 31.3 Å². The number of sulfonamides is 1. The molecule has 1 aliphatic rings. The Morgan fingerprint density at radius 1 is 1.30 bits per heavy atom. The lowest BCUT2D eigenvalue weighted by molar-refractivity contribution is 0.0600. The Kier molecular flexibility index (Phi) is 5.27. The Morgan fingerprint density at radius 2 is 2.07 bits per heavy atom. The van der Waals surface area contributed by atoms with E-state index in [4.69, 9.17) is 9.47 Å². The van der Waals surface area contributed by atoms with Crippen LogP contribution in [0.1, 0.15) is 29.8 Å². The zero-order valence-electron chi connectivity index (χ0n) is 15.3. The Morgan fingerprint density at radius 3 is 2.78 bits per heavy atom. The Bertz CT molecular complexity index is 970. The van der Waals surface area contributed by atoms with Crippen LogP contribution in [0.4, 0.5) is 5.69 Å². The maximum absolute atomic E-state index is 12.8. The second kappa shape index (κ2) is 7.48. The number of methoxy groups -OCH3 is 1. The number of carbonyl (C=O) groups is 1. The van der Waals surface area contributed by atoms with E-state index in [0.717, 1.165) is 12.0 Å². The highest BCUT2D eigenvalue weighted by atomic mass is 32.2. The van der Waals surface area contributed by atoms with Gasteiger partial charge in [-0.3, -0.25) is 4.72 Å². The van der Waals surface area contributed by atoms with Crippen LogP contribution >= 0.6 is 0 Å². The van der Waals surface area contributed by atoms with Crippen LogP contribution in [0.2, 0.25) is 0 Å². The van der Waals surface area contributed by atoms with Gasteiger partial charge in [-0.2, -0.15) is 0 Å². The van der Waals surface area contributed by atoms with Gasteiger partial charge in [0, 0.05) is 18.1 Å². The normalized spacial score (nSPS) is 15.6. The average Bonchev–Trinajstić information content (AvgIpc) is 3.00. The molecule has 0 saturated carbocycles. The number of hydrogen-bond acceptors (Lipinski definition) is 6. The minimum atomic E-state index is -3.94. The molecule has 0 radical (unpaired) electrons. The Labute approximate surface area is 158 Å². The van der Waals surface area contributed by atoms with Gasteiger partial charge in [0.15, 0.2) is 0 Å². The molecule has 3 rings (SSSR count). The fourth-order valence-electron chi connectivity index (χ4n) is 2.91. The number of rotatable bonds is 6. The van der Waals surface area contributed by atoms with Crippen molar-refractivity contribution in [3.8, 4) is 11.5 Å². The molecule has 144 valence electrons. The standard InChI is InChI=1S/C19H21NO6S/c1-4-25-18-10-14-8-12(2)26-17(14)11-16(18)20-27(22,23)15-7-5-6-13(9-15)19(21)24-3/h5-7,9-12,20H,4,8H2,1-3H3. The minimum Gasteiger partial charge on any atom is -0.492 e. The summed E-state index contributed by atoms with van der Waals surface area (Å²) in [4.78, 5) is 11.6. The lowest BCUT2D eigenvalue weighted by atomic mass is 10.1. The lowest BCUT2D eigenvalue weighted by Crippen LogP contribution is -2.15. The second-order valence-corrected chi connectivity index (χ2v) is 7.83. The molecule has 1 aliphatic heterocycles. The second-order valence-electron chi connectivity index (χ2n) is 6.15. The van der Waals surface area contributed by atoms with E-state index in [0.29, 0.717) is 18.1 Å². The molecular weight excluding hydrogens is 370 g/mol. The fourth-order valence-corrected chi connectivity index (χ4v) is 4.01.